The zero-order valence-corrected chi connectivity index (χ0v) is 14.4. The number of phenolic OH excluding ortho intramolecular Hbond substituents is 1. The van der Waals surface area contributed by atoms with Crippen molar-refractivity contribution in [2.24, 2.45) is 0 Å². The number of carbonyl (C=O) groups is 1. The molecule has 0 amide bonds. The summed E-state index contributed by atoms with van der Waals surface area (Å²) in [6.45, 7) is 4.69. The number of halogens is 1. The number of ketones is 1. The lowest BCUT2D eigenvalue weighted by molar-refractivity contribution is 0.102. The van der Waals surface area contributed by atoms with Gasteiger partial charge in [0.05, 0.1) is 10.2 Å². The zero-order chi connectivity index (χ0) is 15.9. The van der Waals surface area contributed by atoms with Gasteiger partial charge in [0.2, 0.25) is 5.78 Å². The summed E-state index contributed by atoms with van der Waals surface area (Å²) in [5.74, 6) is 1.20. The topological polar surface area (TPSA) is 55.1 Å². The van der Waals surface area contributed by atoms with Crippen LogP contribution in [-0.2, 0) is 19.4 Å². The highest BCUT2D eigenvalue weighted by atomic mass is 79.9. The second-order valence-corrected chi connectivity index (χ2v) is 6.59. The molecule has 3 rings (SSSR count). The Kier molecular flexibility index (Phi) is 4.08. The summed E-state index contributed by atoms with van der Waals surface area (Å²) in [5.41, 5.74) is 2.87. The SMILES string of the molecule is CCc1nc2n(c1C(=O)c1cc(C)c(O)c(Br)c1)CCCC2. The number of phenols is 1. The maximum absolute atomic E-state index is 13.0. The van der Waals surface area contributed by atoms with Gasteiger partial charge in [-0.1, -0.05) is 6.92 Å². The number of carbonyl (C=O) groups excluding carboxylic acids is 1. The second kappa shape index (κ2) is 5.88. The predicted octanol–water partition coefficient (Wildman–Crippen LogP) is 3.79. The minimum absolute atomic E-state index is 0.0127. The molecule has 1 aliphatic rings. The summed E-state index contributed by atoms with van der Waals surface area (Å²) in [6, 6.07) is 3.43. The van der Waals surface area contributed by atoms with Crippen LogP contribution >= 0.6 is 15.9 Å². The average molecular weight is 363 g/mol. The lowest BCUT2D eigenvalue weighted by Gasteiger charge is -2.16. The third-order valence-corrected chi connectivity index (χ3v) is 4.82. The van der Waals surface area contributed by atoms with Crippen LogP contribution in [0.3, 0.4) is 0 Å². The van der Waals surface area contributed by atoms with Gasteiger partial charge in [-0.05, 0) is 59.8 Å². The number of aromatic nitrogens is 2. The van der Waals surface area contributed by atoms with Gasteiger partial charge >= 0.3 is 0 Å². The molecule has 5 heteroatoms. The number of aryl methyl sites for hydroxylation is 3. The highest BCUT2D eigenvalue weighted by molar-refractivity contribution is 9.10. The average Bonchev–Trinajstić information content (AvgIpc) is 2.89. The minimum Gasteiger partial charge on any atom is -0.506 e. The van der Waals surface area contributed by atoms with E-state index in [4.69, 9.17) is 0 Å². The maximum atomic E-state index is 13.0. The smallest absolute Gasteiger partial charge is 0.211 e. The van der Waals surface area contributed by atoms with Crippen LogP contribution in [0.4, 0.5) is 0 Å². The Morgan fingerprint density at radius 3 is 2.86 bits per heavy atom. The van der Waals surface area contributed by atoms with E-state index < -0.39 is 0 Å². The summed E-state index contributed by atoms with van der Waals surface area (Å²) in [6.07, 6.45) is 3.92. The van der Waals surface area contributed by atoms with Gasteiger partial charge in [-0.15, -0.1) is 0 Å². The van der Waals surface area contributed by atoms with Crippen molar-refractivity contribution in [1.29, 1.82) is 0 Å². The fraction of sp³-hybridized carbons (Fsp3) is 0.412. The lowest BCUT2D eigenvalue weighted by atomic mass is 10.0. The van der Waals surface area contributed by atoms with Crippen LogP contribution in [-0.4, -0.2) is 20.4 Å². The van der Waals surface area contributed by atoms with Crippen molar-refractivity contribution in [3.05, 3.63) is 44.9 Å². The molecule has 2 aromatic rings. The molecule has 1 N–H and O–H groups in total. The summed E-state index contributed by atoms with van der Waals surface area (Å²) in [5, 5.41) is 9.86. The van der Waals surface area contributed by atoms with Crippen molar-refractivity contribution in [3.63, 3.8) is 0 Å². The first kappa shape index (κ1) is 15.3. The summed E-state index contributed by atoms with van der Waals surface area (Å²) >= 11 is 3.31. The number of nitrogens with zero attached hydrogens (tertiary/aromatic N) is 2. The monoisotopic (exact) mass is 362 g/mol. The quantitative estimate of drug-likeness (QED) is 0.845. The van der Waals surface area contributed by atoms with Crippen LogP contribution in [0.2, 0.25) is 0 Å². The molecule has 1 aliphatic heterocycles. The molecule has 0 aliphatic carbocycles. The molecule has 1 aromatic carbocycles. The molecular weight excluding hydrogens is 344 g/mol. The molecular formula is C17H19BrN2O2. The Hall–Kier alpha value is -1.62. The fourth-order valence-electron chi connectivity index (χ4n) is 3.04. The highest BCUT2D eigenvalue weighted by Gasteiger charge is 2.25. The van der Waals surface area contributed by atoms with E-state index >= 15 is 0 Å². The van der Waals surface area contributed by atoms with E-state index in [1.807, 2.05) is 6.92 Å². The molecule has 116 valence electrons. The van der Waals surface area contributed by atoms with E-state index in [0.29, 0.717) is 21.3 Å². The predicted molar refractivity (Wildman–Crippen MR) is 88.5 cm³/mol. The highest BCUT2D eigenvalue weighted by Crippen LogP contribution is 2.31. The minimum atomic E-state index is -0.0127. The first-order valence-electron chi connectivity index (χ1n) is 7.65. The van der Waals surface area contributed by atoms with Gasteiger partial charge in [0, 0.05) is 18.5 Å². The van der Waals surface area contributed by atoms with Crippen LogP contribution in [0.5, 0.6) is 5.75 Å². The van der Waals surface area contributed by atoms with Crippen molar-refractivity contribution in [3.8, 4) is 5.75 Å². The van der Waals surface area contributed by atoms with Crippen LogP contribution in [0.25, 0.3) is 0 Å². The third kappa shape index (κ3) is 2.47. The first-order valence-corrected chi connectivity index (χ1v) is 8.44. The van der Waals surface area contributed by atoms with Crippen LogP contribution in [0, 0.1) is 6.92 Å². The number of benzene rings is 1. The molecule has 0 spiro atoms. The summed E-state index contributed by atoms with van der Waals surface area (Å²) in [4.78, 5) is 17.7. The van der Waals surface area contributed by atoms with Gasteiger partial charge in [-0.3, -0.25) is 4.79 Å². The third-order valence-electron chi connectivity index (χ3n) is 4.22. The maximum Gasteiger partial charge on any atom is 0.211 e. The Bertz CT molecular complexity index is 726. The van der Waals surface area contributed by atoms with Gasteiger partial charge in [-0.2, -0.15) is 0 Å². The van der Waals surface area contributed by atoms with E-state index in [1.54, 1.807) is 19.1 Å². The van der Waals surface area contributed by atoms with E-state index in [9.17, 15) is 9.90 Å². The Balaban J connectivity index is 2.11. The summed E-state index contributed by atoms with van der Waals surface area (Å²) < 4.78 is 2.63. The van der Waals surface area contributed by atoms with Crippen molar-refractivity contribution in [1.82, 2.24) is 9.55 Å². The van der Waals surface area contributed by atoms with E-state index in [2.05, 4.69) is 25.5 Å². The standard InChI is InChI=1S/C17H19BrN2O2/c1-3-13-15(20-7-5-4-6-14(20)19-13)17(22)11-8-10(2)16(21)12(18)9-11/h8-9,21H,3-7H2,1-2H3. The molecule has 0 saturated carbocycles. The second-order valence-electron chi connectivity index (χ2n) is 5.74. The number of hydrogen-bond acceptors (Lipinski definition) is 3. The van der Waals surface area contributed by atoms with Gasteiger partial charge in [0.25, 0.3) is 0 Å². The first-order chi connectivity index (χ1) is 10.5. The van der Waals surface area contributed by atoms with Crippen molar-refractivity contribution in [2.45, 2.75) is 46.1 Å². The molecule has 0 fully saturated rings. The number of rotatable bonds is 3. The van der Waals surface area contributed by atoms with Crippen LogP contribution < -0.4 is 0 Å². The van der Waals surface area contributed by atoms with E-state index in [0.717, 1.165) is 43.7 Å². The largest absolute Gasteiger partial charge is 0.506 e. The molecule has 22 heavy (non-hydrogen) atoms. The van der Waals surface area contributed by atoms with Crippen LogP contribution in [0.1, 0.15) is 52.9 Å². The molecule has 2 heterocycles. The molecule has 0 radical (unpaired) electrons. The molecule has 4 nitrogen and oxygen atoms in total. The fourth-order valence-corrected chi connectivity index (χ4v) is 3.60. The van der Waals surface area contributed by atoms with Gasteiger partial charge in [0.15, 0.2) is 0 Å². The van der Waals surface area contributed by atoms with Gasteiger partial charge in [-0.25, -0.2) is 4.98 Å². The molecule has 0 saturated heterocycles. The normalized spacial score (nSPS) is 14.0. The van der Waals surface area contributed by atoms with Crippen molar-refractivity contribution in [2.75, 3.05) is 0 Å². The number of hydrogen-bond donors (Lipinski definition) is 1. The Morgan fingerprint density at radius 1 is 1.41 bits per heavy atom. The van der Waals surface area contributed by atoms with Crippen molar-refractivity contribution < 1.29 is 9.90 Å². The molecule has 0 unspecified atom stereocenters. The Morgan fingerprint density at radius 2 is 2.18 bits per heavy atom. The van der Waals surface area contributed by atoms with E-state index in [-0.39, 0.29) is 11.5 Å². The van der Waals surface area contributed by atoms with Crippen molar-refractivity contribution >= 4 is 21.7 Å². The lowest BCUT2D eigenvalue weighted by Crippen LogP contribution is -2.17. The van der Waals surface area contributed by atoms with Gasteiger partial charge in [0.1, 0.15) is 17.3 Å². The van der Waals surface area contributed by atoms with Gasteiger partial charge < -0.3 is 9.67 Å². The summed E-state index contributed by atoms with van der Waals surface area (Å²) in [7, 11) is 0. The molecule has 1 aromatic heterocycles. The Labute approximate surface area is 138 Å². The van der Waals surface area contributed by atoms with E-state index in [1.165, 1.54) is 0 Å². The number of imidazole rings is 1. The number of aromatic hydroxyl groups is 1. The number of fused-ring (bicyclic) bond motifs is 1. The molecule has 0 bridgehead atoms. The molecule has 0 atom stereocenters. The zero-order valence-electron chi connectivity index (χ0n) is 12.8. The van der Waals surface area contributed by atoms with Crippen LogP contribution in [0.15, 0.2) is 16.6 Å².